The highest BCUT2D eigenvalue weighted by molar-refractivity contribution is 7.36. The van der Waals surface area contributed by atoms with Crippen LogP contribution in [0.15, 0.2) is 60.7 Å². The Kier molecular flexibility index (Phi) is 15.6. The summed E-state index contributed by atoms with van der Waals surface area (Å²) in [5.74, 6) is 18.4. The van der Waals surface area contributed by atoms with E-state index < -0.39 is 0 Å². The van der Waals surface area contributed by atoms with E-state index in [1.807, 2.05) is 35.1 Å². The highest BCUT2D eigenvalue weighted by Crippen LogP contribution is 2.46. The molecule has 0 bridgehead atoms. The van der Waals surface area contributed by atoms with Gasteiger partial charge in [0.1, 0.15) is 1.37 Å². The predicted molar refractivity (Wildman–Crippen MR) is 246 cm³/mol. The Morgan fingerprint density at radius 3 is 1.42 bits per heavy atom. The molecule has 4 aromatic carbocycles. The predicted octanol–water partition coefficient (Wildman–Crippen LogP) is 14.5. The Morgan fingerprint density at radius 2 is 0.964 bits per heavy atom. The molecule has 0 aliphatic rings. The van der Waals surface area contributed by atoms with Crippen molar-refractivity contribution in [1.82, 2.24) is 0 Å². The minimum absolute atomic E-state index is 0.200. The highest BCUT2D eigenvalue weighted by atomic mass is 32.1. The molecule has 55 heavy (non-hydrogen) atoms. The molecule has 0 saturated heterocycles. The van der Waals surface area contributed by atoms with Crippen LogP contribution in [0.5, 0.6) is 0 Å². The van der Waals surface area contributed by atoms with Crippen LogP contribution in [0.1, 0.15) is 129 Å². The van der Waals surface area contributed by atoms with Gasteiger partial charge in [-0.2, -0.15) is 0 Å². The zero-order valence-corrected chi connectivity index (χ0v) is 34.4. The van der Waals surface area contributed by atoms with E-state index in [1.54, 1.807) is 0 Å². The summed E-state index contributed by atoms with van der Waals surface area (Å²) in [5, 5.41) is 8.45. The van der Waals surface area contributed by atoms with Gasteiger partial charge in [0.2, 0.25) is 0 Å². The Labute approximate surface area is 343 Å². The van der Waals surface area contributed by atoms with E-state index in [1.165, 1.54) is 178 Å². The Bertz CT molecular complexity index is 2460. The van der Waals surface area contributed by atoms with Gasteiger partial charge in [-0.3, -0.25) is 0 Å². The lowest BCUT2D eigenvalue weighted by Crippen LogP contribution is -1.87. The van der Waals surface area contributed by atoms with Crippen LogP contribution < -0.4 is 5.72 Å². The highest BCUT2D eigenvalue weighted by Gasteiger charge is 2.14. The van der Waals surface area contributed by atoms with Crippen molar-refractivity contribution in [2.45, 2.75) is 129 Å². The first kappa shape index (κ1) is 37.1. The van der Waals surface area contributed by atoms with Crippen molar-refractivity contribution in [3.05, 3.63) is 71.8 Å². The summed E-state index contributed by atoms with van der Waals surface area (Å²) in [7, 11) is 0. The summed E-state index contributed by atoms with van der Waals surface area (Å²) in [6.45, 7) is 4.60. The van der Waals surface area contributed by atoms with E-state index >= 15 is 0 Å². The van der Waals surface area contributed by atoms with Gasteiger partial charge in [0, 0.05) is 49.9 Å². The van der Waals surface area contributed by atoms with Crippen LogP contribution in [0.3, 0.4) is 0 Å². The molecule has 1 nitrogen and oxygen atoms in total. The van der Waals surface area contributed by atoms with Crippen molar-refractivity contribution in [1.29, 1.82) is 0 Å². The van der Waals surface area contributed by atoms with Crippen LogP contribution in [0.25, 0.3) is 51.1 Å². The average Bonchev–Trinajstić information content (AvgIpc) is 3.75. The smallest absolute Gasteiger partial charge is 0.167 e. The molecule has 0 unspecified atom stereocenters. The van der Waals surface area contributed by atoms with Gasteiger partial charge in [-0.05, 0) is 106 Å². The molecule has 280 valence electrons. The van der Waals surface area contributed by atoms with E-state index in [0.29, 0.717) is 0 Å². The van der Waals surface area contributed by atoms with Crippen molar-refractivity contribution >= 4 is 73.8 Å². The zero-order valence-electron chi connectivity index (χ0n) is 35.8. The Hall–Kier alpha value is -4.82. The molecular weight excluding hydrogens is 703 g/mol. The van der Waals surface area contributed by atoms with Gasteiger partial charge in [-0.25, -0.2) is 0 Å². The first-order chi connectivity index (χ1) is 28.5. The molecule has 3 heteroatoms. The van der Waals surface area contributed by atoms with Gasteiger partial charge in [-0.15, -0.1) is 29.1 Å². The number of aryl methyl sites for hydroxylation is 2. The molecule has 0 atom stereocenters. The maximum Gasteiger partial charge on any atom is 0.167 e. The summed E-state index contributed by atoms with van der Waals surface area (Å²) in [6, 6.07) is 26.3. The number of fused-ring (bicyclic) bond motifs is 7. The number of benzene rings is 4. The molecule has 2 N–H and O–H groups in total. The lowest BCUT2D eigenvalue weighted by atomic mass is 10.0. The number of terminal acetylenes is 1. The quantitative estimate of drug-likeness (QED) is 0.0527. The van der Waals surface area contributed by atoms with Crippen LogP contribution in [0.4, 0.5) is 0 Å². The van der Waals surface area contributed by atoms with Gasteiger partial charge in [0.25, 0.3) is 0 Å². The minimum Gasteiger partial charge on any atom is -0.359 e. The van der Waals surface area contributed by atoms with Crippen molar-refractivity contribution in [3.63, 3.8) is 0 Å². The second kappa shape index (κ2) is 23.2. The fourth-order valence-corrected chi connectivity index (χ4v) is 9.99. The maximum atomic E-state index is 6.54. The molecule has 6 aromatic rings. The van der Waals surface area contributed by atoms with Crippen molar-refractivity contribution in [2.24, 2.45) is 5.72 Å². The van der Waals surface area contributed by atoms with Gasteiger partial charge in [0.05, 0.1) is 9.40 Å². The topological polar surface area (TPSA) is 26.0 Å². The molecule has 2 aromatic heterocycles. The molecule has 0 spiro atoms. The molecule has 0 aliphatic carbocycles. The number of hydrogen-bond donors (Lipinski definition) is 1. The summed E-state index contributed by atoms with van der Waals surface area (Å²) in [5.41, 5.74) is 3.20. The van der Waals surface area contributed by atoms with Crippen molar-refractivity contribution in [3.8, 4) is 59.8 Å². The molecule has 0 aliphatic heterocycles. The van der Waals surface area contributed by atoms with Gasteiger partial charge in [0.15, 0.2) is 2.82 Å². The molecule has 2 heterocycles. The molecule has 0 fully saturated rings. The zero-order chi connectivity index (χ0) is 40.8. The monoisotopic (exact) mass is 762 g/mol. The van der Waals surface area contributed by atoms with E-state index in [2.05, 4.69) is 122 Å². The number of nitrogens with two attached hydrogens (primary N) is 1. The summed E-state index contributed by atoms with van der Waals surface area (Å²) in [6.07, 6.45) is 26.4. The molecule has 6 rings (SSSR count). The molecule has 0 saturated carbocycles. The standard InChI is InChI=1S/C42H52S2.C10H3N/c1-3-5-7-9-11-13-15-17-19-31-21-23-33-27-37-39(29-35(33)25-31)43-42-38-28-34-24-22-32(20-18-16-14-12-10-8-6-4-2)26-36(34)30-40(38)44-41(37)42;1-2-3-4-5-6-7-8-9-10-11/h21-30H,3-20H2,1-2H3;1H,11H2/i;1D/hT2. The maximum absolute atomic E-state index is 6.54. The van der Waals surface area contributed by atoms with E-state index in [-0.39, 0.29) is 5.72 Å². The summed E-state index contributed by atoms with van der Waals surface area (Å²) in [4.78, 5) is 0. The van der Waals surface area contributed by atoms with E-state index in [4.69, 9.17) is 4.19 Å². The van der Waals surface area contributed by atoms with Crippen LogP contribution in [0, 0.1) is 59.8 Å². The Balaban J connectivity index is 0.000000392. The Morgan fingerprint density at radius 1 is 0.527 bits per heavy atom. The van der Waals surface area contributed by atoms with E-state index in [9.17, 15) is 0 Å². The van der Waals surface area contributed by atoms with E-state index in [0.717, 1.165) is 0 Å². The lowest BCUT2D eigenvalue weighted by Gasteiger charge is -2.06. The van der Waals surface area contributed by atoms with Crippen LogP contribution >= 0.6 is 22.7 Å². The van der Waals surface area contributed by atoms with Crippen LogP contribution in [-0.2, 0) is 12.8 Å². The fourth-order valence-electron chi connectivity index (χ4n) is 7.30. The molecule has 0 radical (unpaired) electrons. The van der Waals surface area contributed by atoms with Gasteiger partial charge < -0.3 is 5.72 Å². The summed E-state index contributed by atoms with van der Waals surface area (Å²) < 4.78 is 25.3. The normalized spacial score (nSPS) is 11.0. The fraction of sp³-hybridized carbons (Fsp3) is 0.385. The van der Waals surface area contributed by atoms with Crippen LogP contribution in [0.2, 0.25) is 2.82 Å². The second-order valence-corrected chi connectivity index (χ2v) is 16.6. The third kappa shape index (κ3) is 12.6. The third-order valence-electron chi connectivity index (χ3n) is 10.3. The largest absolute Gasteiger partial charge is 0.359 e. The average molecular weight is 763 g/mol. The van der Waals surface area contributed by atoms with Gasteiger partial charge >= 0.3 is 0 Å². The summed E-state index contributed by atoms with van der Waals surface area (Å²) >= 11 is 3.99. The number of unbranched alkanes of at least 4 members (excludes halogenated alkanes) is 14. The first-order valence-corrected chi connectivity index (χ1v) is 22.1. The molecular formula is C52H55NS2. The SMILES string of the molecule is CCCCCCCCCCc1ccc2cc3c(cc2c1)sc1c2cc4ccc(CCCCCCCCCC)cc4cc2sc31.[2H]C#CC#CC#CC#CC#CN([3H])[3H]. The van der Waals surface area contributed by atoms with Crippen molar-refractivity contribution < 1.29 is 4.19 Å². The number of rotatable bonds is 18. The second-order valence-electron chi connectivity index (χ2n) is 14.5. The van der Waals surface area contributed by atoms with Crippen molar-refractivity contribution in [2.75, 3.05) is 0 Å². The lowest BCUT2D eigenvalue weighted by molar-refractivity contribution is 0.575. The third-order valence-corrected chi connectivity index (χ3v) is 12.8. The molecule has 0 amide bonds. The number of thiophene rings is 2. The van der Waals surface area contributed by atoms with Gasteiger partial charge in [-0.1, -0.05) is 140 Å². The first-order valence-electron chi connectivity index (χ1n) is 21.8. The van der Waals surface area contributed by atoms with Crippen LogP contribution in [-0.4, -0.2) is 0 Å². The minimum atomic E-state index is 0.200. The number of hydrogen-bond acceptors (Lipinski definition) is 3.